The SMILES string of the molecule is CC(C)Cc1c(O)nc2ccccn2c1=O. The van der Waals surface area contributed by atoms with Gasteiger partial charge in [-0.3, -0.25) is 9.20 Å². The Morgan fingerprint density at radius 3 is 2.88 bits per heavy atom. The van der Waals surface area contributed by atoms with Crippen molar-refractivity contribution in [3.8, 4) is 5.88 Å². The first kappa shape index (κ1) is 10.7. The van der Waals surface area contributed by atoms with Crippen LogP contribution in [-0.4, -0.2) is 14.5 Å². The fourth-order valence-corrected chi connectivity index (χ4v) is 1.70. The molecule has 2 aromatic rings. The van der Waals surface area contributed by atoms with E-state index in [0.29, 0.717) is 23.5 Å². The van der Waals surface area contributed by atoms with Gasteiger partial charge in [-0.1, -0.05) is 19.9 Å². The highest BCUT2D eigenvalue weighted by molar-refractivity contribution is 5.42. The molecular weight excluding hydrogens is 204 g/mol. The third kappa shape index (κ3) is 1.78. The number of rotatable bonds is 2. The van der Waals surface area contributed by atoms with Crippen LogP contribution >= 0.6 is 0 Å². The molecule has 0 aliphatic heterocycles. The van der Waals surface area contributed by atoms with Crippen molar-refractivity contribution >= 4 is 5.65 Å². The van der Waals surface area contributed by atoms with Gasteiger partial charge in [0, 0.05) is 6.20 Å². The van der Waals surface area contributed by atoms with Crippen molar-refractivity contribution in [1.82, 2.24) is 9.38 Å². The molecule has 0 atom stereocenters. The summed E-state index contributed by atoms with van der Waals surface area (Å²) in [5, 5.41) is 9.71. The van der Waals surface area contributed by atoms with Crippen molar-refractivity contribution in [3.05, 3.63) is 40.3 Å². The summed E-state index contributed by atoms with van der Waals surface area (Å²) in [6.07, 6.45) is 2.20. The predicted octanol–water partition coefficient (Wildman–Crippen LogP) is 1.60. The first-order chi connectivity index (χ1) is 7.59. The topological polar surface area (TPSA) is 54.6 Å². The molecule has 0 radical (unpaired) electrons. The second kappa shape index (κ2) is 3.96. The second-order valence-corrected chi connectivity index (χ2v) is 4.25. The molecule has 2 aromatic heterocycles. The van der Waals surface area contributed by atoms with E-state index < -0.39 is 0 Å². The molecule has 0 saturated carbocycles. The van der Waals surface area contributed by atoms with E-state index in [0.717, 1.165) is 0 Å². The molecule has 16 heavy (non-hydrogen) atoms. The van der Waals surface area contributed by atoms with Gasteiger partial charge in [-0.25, -0.2) is 0 Å². The maximum Gasteiger partial charge on any atom is 0.264 e. The summed E-state index contributed by atoms with van der Waals surface area (Å²) < 4.78 is 1.46. The van der Waals surface area contributed by atoms with E-state index >= 15 is 0 Å². The first-order valence-corrected chi connectivity index (χ1v) is 5.29. The standard InChI is InChI=1S/C12H14N2O2/c1-8(2)7-9-11(15)13-10-5-3-4-6-14(10)12(9)16/h3-6,8,15H,7H2,1-2H3. The minimum Gasteiger partial charge on any atom is -0.493 e. The Balaban J connectivity index is 2.71. The number of aromatic nitrogens is 2. The predicted molar refractivity (Wildman–Crippen MR) is 61.7 cm³/mol. The van der Waals surface area contributed by atoms with Crippen molar-refractivity contribution in [2.75, 3.05) is 0 Å². The van der Waals surface area contributed by atoms with E-state index in [-0.39, 0.29) is 11.4 Å². The van der Waals surface area contributed by atoms with Crippen molar-refractivity contribution < 1.29 is 5.11 Å². The molecule has 0 aliphatic rings. The largest absolute Gasteiger partial charge is 0.493 e. The highest BCUT2D eigenvalue weighted by atomic mass is 16.3. The van der Waals surface area contributed by atoms with Crippen LogP contribution in [0.1, 0.15) is 19.4 Å². The zero-order valence-corrected chi connectivity index (χ0v) is 9.34. The molecule has 0 aliphatic carbocycles. The van der Waals surface area contributed by atoms with Crippen molar-refractivity contribution in [3.63, 3.8) is 0 Å². The fraction of sp³-hybridized carbons (Fsp3) is 0.333. The van der Waals surface area contributed by atoms with E-state index in [2.05, 4.69) is 4.98 Å². The smallest absolute Gasteiger partial charge is 0.264 e. The molecule has 2 heterocycles. The molecule has 0 aromatic carbocycles. The lowest BCUT2D eigenvalue weighted by atomic mass is 10.1. The van der Waals surface area contributed by atoms with Crippen LogP contribution in [0.25, 0.3) is 5.65 Å². The molecular formula is C12H14N2O2. The lowest BCUT2D eigenvalue weighted by molar-refractivity contribution is 0.439. The van der Waals surface area contributed by atoms with Gasteiger partial charge in [0.2, 0.25) is 5.88 Å². The minimum absolute atomic E-state index is 0.148. The highest BCUT2D eigenvalue weighted by Gasteiger charge is 2.12. The Morgan fingerprint density at radius 2 is 2.19 bits per heavy atom. The van der Waals surface area contributed by atoms with Crippen molar-refractivity contribution in [1.29, 1.82) is 0 Å². The Kier molecular flexibility index (Phi) is 2.64. The summed E-state index contributed by atoms with van der Waals surface area (Å²) in [6.45, 7) is 4.00. The number of hydrogen-bond acceptors (Lipinski definition) is 3. The average molecular weight is 218 g/mol. The quantitative estimate of drug-likeness (QED) is 0.833. The van der Waals surface area contributed by atoms with Gasteiger partial charge in [-0.2, -0.15) is 4.98 Å². The maximum absolute atomic E-state index is 12.0. The van der Waals surface area contributed by atoms with Crippen LogP contribution < -0.4 is 5.56 Å². The summed E-state index contributed by atoms with van der Waals surface area (Å²) in [4.78, 5) is 16.1. The molecule has 0 saturated heterocycles. The normalized spacial score (nSPS) is 11.2. The summed E-state index contributed by atoms with van der Waals surface area (Å²) in [6, 6.07) is 5.25. The molecule has 4 nitrogen and oxygen atoms in total. The maximum atomic E-state index is 12.0. The fourth-order valence-electron chi connectivity index (χ4n) is 1.70. The Hall–Kier alpha value is -1.84. The van der Waals surface area contributed by atoms with Crippen LogP contribution in [0.4, 0.5) is 0 Å². The number of aromatic hydroxyl groups is 1. The number of hydrogen-bond donors (Lipinski definition) is 1. The zero-order valence-electron chi connectivity index (χ0n) is 9.34. The van der Waals surface area contributed by atoms with Crippen molar-refractivity contribution in [2.45, 2.75) is 20.3 Å². The van der Waals surface area contributed by atoms with E-state index in [4.69, 9.17) is 0 Å². The summed E-state index contributed by atoms with van der Waals surface area (Å²) in [5.74, 6) is 0.159. The summed E-state index contributed by atoms with van der Waals surface area (Å²) in [5.41, 5.74) is 0.674. The second-order valence-electron chi connectivity index (χ2n) is 4.25. The van der Waals surface area contributed by atoms with Gasteiger partial charge in [0.1, 0.15) is 5.65 Å². The van der Waals surface area contributed by atoms with Crippen molar-refractivity contribution in [2.24, 2.45) is 5.92 Å². The van der Waals surface area contributed by atoms with Crippen LogP contribution in [-0.2, 0) is 6.42 Å². The van der Waals surface area contributed by atoms with Gasteiger partial charge < -0.3 is 5.11 Å². The molecule has 2 rings (SSSR count). The van der Waals surface area contributed by atoms with Crippen LogP contribution in [0, 0.1) is 5.92 Å². The van der Waals surface area contributed by atoms with Gasteiger partial charge >= 0.3 is 0 Å². The van der Waals surface area contributed by atoms with Gasteiger partial charge in [0.05, 0.1) is 5.56 Å². The van der Waals surface area contributed by atoms with E-state index in [1.807, 2.05) is 13.8 Å². The molecule has 84 valence electrons. The van der Waals surface area contributed by atoms with Gasteiger partial charge in [-0.05, 0) is 24.5 Å². The molecule has 1 N–H and O–H groups in total. The molecule has 0 unspecified atom stereocenters. The molecule has 0 fully saturated rings. The monoisotopic (exact) mass is 218 g/mol. The number of fused-ring (bicyclic) bond motifs is 1. The van der Waals surface area contributed by atoms with Crippen LogP contribution in [0.3, 0.4) is 0 Å². The first-order valence-electron chi connectivity index (χ1n) is 5.29. The Bertz CT molecular complexity index is 573. The van der Waals surface area contributed by atoms with Gasteiger partial charge in [0.25, 0.3) is 5.56 Å². The summed E-state index contributed by atoms with van der Waals surface area (Å²) >= 11 is 0. The molecule has 0 bridgehead atoms. The number of pyridine rings is 1. The average Bonchev–Trinajstić information content (AvgIpc) is 2.24. The van der Waals surface area contributed by atoms with Crippen LogP contribution in [0.5, 0.6) is 5.88 Å². The third-order valence-corrected chi connectivity index (χ3v) is 2.42. The lowest BCUT2D eigenvalue weighted by Gasteiger charge is -2.08. The summed E-state index contributed by atoms with van der Waals surface area (Å²) in [7, 11) is 0. The molecule has 0 spiro atoms. The van der Waals surface area contributed by atoms with E-state index in [1.165, 1.54) is 4.40 Å². The molecule has 4 heteroatoms. The Labute approximate surface area is 93.2 Å². The lowest BCUT2D eigenvalue weighted by Crippen LogP contribution is -2.20. The Morgan fingerprint density at radius 1 is 1.44 bits per heavy atom. The highest BCUT2D eigenvalue weighted by Crippen LogP contribution is 2.14. The van der Waals surface area contributed by atoms with E-state index in [9.17, 15) is 9.90 Å². The zero-order chi connectivity index (χ0) is 11.7. The van der Waals surface area contributed by atoms with Crippen LogP contribution in [0.2, 0.25) is 0 Å². The number of nitrogens with zero attached hydrogens (tertiary/aromatic N) is 2. The minimum atomic E-state index is -0.184. The van der Waals surface area contributed by atoms with E-state index in [1.54, 1.807) is 24.4 Å². The van der Waals surface area contributed by atoms with Gasteiger partial charge in [-0.15, -0.1) is 0 Å². The van der Waals surface area contributed by atoms with Gasteiger partial charge in [0.15, 0.2) is 0 Å². The third-order valence-electron chi connectivity index (χ3n) is 2.42. The molecule has 0 amide bonds. The van der Waals surface area contributed by atoms with Crippen LogP contribution in [0.15, 0.2) is 29.2 Å².